The molecule has 0 aliphatic carbocycles. The third kappa shape index (κ3) is 4.43. The number of fused-ring (bicyclic) bond motifs is 1. The van der Waals surface area contributed by atoms with Gasteiger partial charge in [0.2, 0.25) is 5.91 Å². The van der Waals surface area contributed by atoms with Crippen LogP contribution in [0.3, 0.4) is 0 Å². The summed E-state index contributed by atoms with van der Waals surface area (Å²) < 4.78 is 27.9. The lowest BCUT2D eigenvalue weighted by atomic mass is 9.98. The molecular weight excluding hydrogens is 392 g/mol. The van der Waals surface area contributed by atoms with Crippen LogP contribution in [0.1, 0.15) is 32.4 Å². The highest BCUT2D eigenvalue weighted by atomic mass is 32.2. The van der Waals surface area contributed by atoms with Gasteiger partial charge in [0.15, 0.2) is 0 Å². The van der Waals surface area contributed by atoms with Crippen molar-refractivity contribution in [2.45, 2.75) is 37.1 Å². The fourth-order valence-corrected chi connectivity index (χ4v) is 5.50. The van der Waals surface area contributed by atoms with Gasteiger partial charge in [0.25, 0.3) is 10.0 Å². The molecule has 2 atom stereocenters. The molecule has 0 saturated carbocycles. The van der Waals surface area contributed by atoms with E-state index in [1.54, 1.807) is 11.4 Å². The average Bonchev–Trinajstić information content (AvgIpc) is 3.21. The lowest BCUT2D eigenvalue weighted by Crippen LogP contribution is -2.49. The molecule has 1 amide bonds. The molecule has 1 heterocycles. The predicted octanol–water partition coefficient (Wildman–Crippen LogP) is 4.08. The topological polar surface area (TPSA) is 75.3 Å². The number of carbonyl (C=O) groups is 1. The molecule has 0 aliphatic heterocycles. The van der Waals surface area contributed by atoms with Crippen LogP contribution in [-0.2, 0) is 14.8 Å². The SMILES string of the molecule is CC(NC(=O)C(NS(=O)(=O)c1cccs1)C(C)C)c1cccc2ccccc12. The first-order valence-electron chi connectivity index (χ1n) is 9.13. The van der Waals surface area contributed by atoms with Crippen molar-refractivity contribution in [3.63, 3.8) is 0 Å². The highest BCUT2D eigenvalue weighted by molar-refractivity contribution is 7.91. The predicted molar refractivity (Wildman–Crippen MR) is 114 cm³/mol. The van der Waals surface area contributed by atoms with E-state index in [1.807, 2.05) is 63.2 Å². The van der Waals surface area contributed by atoms with Crippen molar-refractivity contribution in [3.05, 3.63) is 65.5 Å². The van der Waals surface area contributed by atoms with Gasteiger partial charge in [0, 0.05) is 0 Å². The molecule has 0 fully saturated rings. The first-order chi connectivity index (χ1) is 13.3. The van der Waals surface area contributed by atoms with Crippen LogP contribution < -0.4 is 10.0 Å². The zero-order valence-electron chi connectivity index (χ0n) is 16.0. The van der Waals surface area contributed by atoms with E-state index in [-0.39, 0.29) is 22.1 Å². The van der Waals surface area contributed by atoms with Crippen LogP contribution in [0.4, 0.5) is 0 Å². The molecule has 28 heavy (non-hydrogen) atoms. The summed E-state index contributed by atoms with van der Waals surface area (Å²) >= 11 is 1.13. The minimum absolute atomic E-state index is 0.200. The van der Waals surface area contributed by atoms with Crippen LogP contribution >= 0.6 is 11.3 Å². The van der Waals surface area contributed by atoms with Crippen molar-refractivity contribution >= 4 is 38.0 Å². The zero-order chi connectivity index (χ0) is 20.3. The second-order valence-corrected chi connectivity index (χ2v) is 9.96. The average molecular weight is 417 g/mol. The maximum absolute atomic E-state index is 12.9. The maximum Gasteiger partial charge on any atom is 0.250 e. The molecule has 3 aromatic rings. The summed E-state index contributed by atoms with van der Waals surface area (Å²) in [7, 11) is -3.73. The van der Waals surface area contributed by atoms with Gasteiger partial charge in [-0.2, -0.15) is 4.72 Å². The number of benzene rings is 2. The Bertz CT molecular complexity index is 1050. The van der Waals surface area contributed by atoms with Gasteiger partial charge < -0.3 is 5.32 Å². The van der Waals surface area contributed by atoms with Gasteiger partial charge in [0.05, 0.1) is 6.04 Å². The molecule has 148 valence electrons. The van der Waals surface area contributed by atoms with Crippen LogP contribution in [0.15, 0.2) is 64.2 Å². The van der Waals surface area contributed by atoms with E-state index in [1.165, 1.54) is 6.07 Å². The normalized spacial score (nSPS) is 14.1. The number of nitrogens with one attached hydrogen (secondary N) is 2. The molecule has 0 saturated heterocycles. The molecule has 3 rings (SSSR count). The van der Waals surface area contributed by atoms with E-state index in [2.05, 4.69) is 10.0 Å². The number of rotatable bonds is 7. The molecular formula is C21H24N2O3S2. The van der Waals surface area contributed by atoms with E-state index >= 15 is 0 Å². The van der Waals surface area contributed by atoms with E-state index in [0.29, 0.717) is 0 Å². The number of sulfonamides is 1. The summed E-state index contributed by atoms with van der Waals surface area (Å²) in [5, 5.41) is 6.84. The largest absolute Gasteiger partial charge is 0.348 e. The summed E-state index contributed by atoms with van der Waals surface area (Å²) in [6.07, 6.45) is 0. The first-order valence-corrected chi connectivity index (χ1v) is 11.5. The Hall–Kier alpha value is -2.22. The van der Waals surface area contributed by atoms with Crippen LogP contribution in [0.2, 0.25) is 0 Å². The van der Waals surface area contributed by atoms with Crippen LogP contribution in [-0.4, -0.2) is 20.4 Å². The van der Waals surface area contributed by atoms with Crippen molar-refractivity contribution in [3.8, 4) is 0 Å². The van der Waals surface area contributed by atoms with Crippen LogP contribution in [0.25, 0.3) is 10.8 Å². The Balaban J connectivity index is 1.80. The van der Waals surface area contributed by atoms with E-state index in [9.17, 15) is 13.2 Å². The highest BCUT2D eigenvalue weighted by Crippen LogP contribution is 2.24. The molecule has 2 N–H and O–H groups in total. The minimum atomic E-state index is -3.73. The minimum Gasteiger partial charge on any atom is -0.348 e. The van der Waals surface area contributed by atoms with Crippen molar-refractivity contribution in [1.29, 1.82) is 0 Å². The second kappa shape index (κ2) is 8.43. The lowest BCUT2D eigenvalue weighted by molar-refractivity contribution is -0.124. The Kier molecular flexibility index (Phi) is 6.17. The van der Waals surface area contributed by atoms with Gasteiger partial charge in [-0.3, -0.25) is 4.79 Å². The number of hydrogen-bond acceptors (Lipinski definition) is 4. The number of carbonyl (C=O) groups excluding carboxylic acids is 1. The molecule has 0 radical (unpaired) electrons. The molecule has 2 unspecified atom stereocenters. The molecule has 5 nitrogen and oxygen atoms in total. The summed E-state index contributed by atoms with van der Waals surface area (Å²) in [6, 6.07) is 16.0. The molecule has 0 bridgehead atoms. The van der Waals surface area contributed by atoms with Gasteiger partial charge in [0.1, 0.15) is 10.3 Å². The standard InChI is InChI=1S/C21H24N2O3S2/c1-14(2)20(23-28(25,26)19-12-7-13-27-19)21(24)22-15(3)17-11-6-9-16-8-4-5-10-18(16)17/h4-15,20,23H,1-3H3,(H,22,24). The zero-order valence-corrected chi connectivity index (χ0v) is 17.7. The van der Waals surface area contributed by atoms with Crippen LogP contribution in [0.5, 0.6) is 0 Å². The summed E-state index contributed by atoms with van der Waals surface area (Å²) in [5.74, 6) is -0.537. The number of amides is 1. The van der Waals surface area contributed by atoms with Crippen molar-refractivity contribution in [2.75, 3.05) is 0 Å². The van der Waals surface area contributed by atoms with Gasteiger partial charge >= 0.3 is 0 Å². The maximum atomic E-state index is 12.9. The van der Waals surface area contributed by atoms with Gasteiger partial charge in [-0.15, -0.1) is 11.3 Å². The summed E-state index contributed by atoms with van der Waals surface area (Å²) in [4.78, 5) is 12.9. The first kappa shape index (κ1) is 20.5. The van der Waals surface area contributed by atoms with E-state index in [0.717, 1.165) is 27.7 Å². The molecule has 0 aliphatic rings. The Morgan fingerprint density at radius 2 is 1.68 bits per heavy atom. The van der Waals surface area contributed by atoms with Crippen molar-refractivity contribution < 1.29 is 13.2 Å². The van der Waals surface area contributed by atoms with Gasteiger partial charge in [-0.25, -0.2) is 8.42 Å². The van der Waals surface area contributed by atoms with Gasteiger partial charge in [-0.1, -0.05) is 62.4 Å². The number of hydrogen-bond donors (Lipinski definition) is 2. The monoisotopic (exact) mass is 416 g/mol. The fourth-order valence-electron chi connectivity index (χ4n) is 3.14. The Morgan fingerprint density at radius 1 is 0.964 bits per heavy atom. The van der Waals surface area contributed by atoms with E-state index < -0.39 is 16.1 Å². The van der Waals surface area contributed by atoms with Gasteiger partial charge in [-0.05, 0) is 40.6 Å². The van der Waals surface area contributed by atoms with Crippen LogP contribution in [0, 0.1) is 5.92 Å². The smallest absolute Gasteiger partial charge is 0.250 e. The molecule has 7 heteroatoms. The quantitative estimate of drug-likeness (QED) is 0.609. The Labute approximate surface area is 169 Å². The summed E-state index contributed by atoms with van der Waals surface area (Å²) in [6.45, 7) is 5.55. The third-order valence-corrected chi connectivity index (χ3v) is 7.48. The molecule has 0 spiro atoms. The second-order valence-electron chi connectivity index (χ2n) is 7.07. The lowest BCUT2D eigenvalue weighted by Gasteiger charge is -2.24. The van der Waals surface area contributed by atoms with E-state index in [4.69, 9.17) is 0 Å². The number of thiophene rings is 1. The van der Waals surface area contributed by atoms with Crippen molar-refractivity contribution in [1.82, 2.24) is 10.0 Å². The molecule has 2 aromatic carbocycles. The Morgan fingerprint density at radius 3 is 2.36 bits per heavy atom. The third-order valence-electron chi connectivity index (χ3n) is 4.64. The van der Waals surface area contributed by atoms with Crippen molar-refractivity contribution in [2.24, 2.45) is 5.92 Å². The molecule has 1 aromatic heterocycles. The fraction of sp³-hybridized carbons (Fsp3) is 0.286. The highest BCUT2D eigenvalue weighted by Gasteiger charge is 2.29. The summed E-state index contributed by atoms with van der Waals surface area (Å²) in [5.41, 5.74) is 0.995.